The Morgan fingerprint density at radius 3 is 2.33 bits per heavy atom. The van der Waals surface area contributed by atoms with Gasteiger partial charge in [-0.1, -0.05) is 24.3 Å². The lowest BCUT2D eigenvalue weighted by Crippen LogP contribution is -2.41. The number of fused-ring (bicyclic) bond motifs is 1. The summed E-state index contributed by atoms with van der Waals surface area (Å²) in [6, 6.07) is 18.7. The second-order valence-corrected chi connectivity index (χ2v) is 11.9. The second-order valence-electron chi connectivity index (χ2n) is 10.0. The highest BCUT2D eigenvalue weighted by molar-refractivity contribution is 7.89. The molecule has 0 aromatic heterocycles. The van der Waals surface area contributed by atoms with Crippen LogP contribution >= 0.6 is 0 Å². The predicted molar refractivity (Wildman–Crippen MR) is 150 cm³/mol. The number of sulfonamides is 1. The van der Waals surface area contributed by atoms with Gasteiger partial charge in [0.15, 0.2) is 6.61 Å². The summed E-state index contributed by atoms with van der Waals surface area (Å²) in [4.78, 5) is 27.6. The molecule has 3 aromatic rings. The molecule has 2 heterocycles. The summed E-state index contributed by atoms with van der Waals surface area (Å²) in [5.41, 5.74) is 3.35. The van der Waals surface area contributed by atoms with E-state index in [1.54, 1.807) is 12.1 Å². The smallest absolute Gasteiger partial charge is 0.308 e. The van der Waals surface area contributed by atoms with Crippen molar-refractivity contribution >= 4 is 33.3 Å². The number of piperidine rings is 1. The van der Waals surface area contributed by atoms with E-state index >= 15 is 0 Å². The van der Waals surface area contributed by atoms with Gasteiger partial charge in [0.1, 0.15) is 5.82 Å². The predicted octanol–water partition coefficient (Wildman–Crippen LogP) is 4.68. The normalized spacial score (nSPS) is 17.6. The third-order valence-corrected chi connectivity index (χ3v) is 9.30. The third-order valence-electron chi connectivity index (χ3n) is 7.38. The summed E-state index contributed by atoms with van der Waals surface area (Å²) < 4.78 is 46.9. The molecular weight excluding hydrogens is 533 g/mol. The van der Waals surface area contributed by atoms with E-state index < -0.39 is 40.4 Å². The third kappa shape index (κ3) is 6.34. The Morgan fingerprint density at radius 1 is 0.900 bits per heavy atom. The number of esters is 1. The van der Waals surface area contributed by atoms with Gasteiger partial charge in [0.05, 0.1) is 17.4 Å². The van der Waals surface area contributed by atoms with Gasteiger partial charge in [-0.3, -0.25) is 9.59 Å². The Balaban J connectivity index is 1.23. The zero-order valence-electron chi connectivity index (χ0n) is 22.1. The highest BCUT2D eigenvalue weighted by Crippen LogP contribution is 2.36. The van der Waals surface area contributed by atoms with Gasteiger partial charge in [-0.05, 0) is 85.3 Å². The van der Waals surface area contributed by atoms with Gasteiger partial charge < -0.3 is 15.0 Å². The van der Waals surface area contributed by atoms with Crippen molar-refractivity contribution in [3.05, 3.63) is 89.7 Å². The topological polar surface area (TPSA) is 96.0 Å². The van der Waals surface area contributed by atoms with Crippen molar-refractivity contribution in [2.45, 2.75) is 43.0 Å². The summed E-state index contributed by atoms with van der Waals surface area (Å²) in [6.45, 7) is 1.71. The van der Waals surface area contributed by atoms with E-state index in [-0.39, 0.29) is 17.9 Å². The van der Waals surface area contributed by atoms with Crippen LogP contribution in [0.25, 0.3) is 0 Å². The number of amides is 1. The zero-order chi connectivity index (χ0) is 28.1. The van der Waals surface area contributed by atoms with Crippen molar-refractivity contribution in [3.63, 3.8) is 0 Å². The summed E-state index contributed by atoms with van der Waals surface area (Å²) in [5, 5.41) is 2.73. The molecule has 1 atom stereocenters. The van der Waals surface area contributed by atoms with E-state index in [4.69, 9.17) is 4.74 Å². The first-order chi connectivity index (χ1) is 19.3. The number of hydrogen-bond acceptors (Lipinski definition) is 6. The monoisotopic (exact) mass is 565 g/mol. The van der Waals surface area contributed by atoms with Crippen LogP contribution < -0.4 is 10.2 Å². The molecule has 1 fully saturated rings. The molecule has 1 unspecified atom stereocenters. The molecule has 8 nitrogen and oxygen atoms in total. The summed E-state index contributed by atoms with van der Waals surface area (Å²) in [6.07, 6.45) is 3.80. The Bertz CT molecular complexity index is 1460. The van der Waals surface area contributed by atoms with Crippen LogP contribution in [-0.2, 0) is 30.8 Å². The molecule has 1 N–H and O–H groups in total. The van der Waals surface area contributed by atoms with Crippen LogP contribution in [0.3, 0.4) is 0 Å². The van der Waals surface area contributed by atoms with Crippen molar-refractivity contribution in [2.24, 2.45) is 0 Å². The Morgan fingerprint density at radius 2 is 1.60 bits per heavy atom. The van der Waals surface area contributed by atoms with Gasteiger partial charge in [0.2, 0.25) is 10.0 Å². The average Bonchev–Trinajstić information content (AvgIpc) is 2.97. The first-order valence-electron chi connectivity index (χ1n) is 13.5. The van der Waals surface area contributed by atoms with Crippen LogP contribution in [0.5, 0.6) is 0 Å². The highest BCUT2D eigenvalue weighted by Gasteiger charge is 2.38. The maximum Gasteiger partial charge on any atom is 0.308 e. The fourth-order valence-corrected chi connectivity index (χ4v) is 6.94. The Kier molecular flexibility index (Phi) is 8.46. The van der Waals surface area contributed by atoms with Gasteiger partial charge in [0, 0.05) is 31.0 Å². The molecule has 2 aliphatic heterocycles. The molecule has 5 rings (SSSR count). The molecule has 2 aliphatic rings. The minimum absolute atomic E-state index is 0.0580. The van der Waals surface area contributed by atoms with Crippen LogP contribution in [0.1, 0.15) is 42.9 Å². The maximum absolute atomic E-state index is 13.5. The van der Waals surface area contributed by atoms with E-state index in [1.807, 2.05) is 36.4 Å². The minimum atomic E-state index is -4.02. The number of benzene rings is 3. The molecule has 210 valence electrons. The molecule has 0 bridgehead atoms. The van der Waals surface area contributed by atoms with E-state index in [1.165, 1.54) is 35.7 Å². The van der Waals surface area contributed by atoms with Crippen LogP contribution in [0.15, 0.2) is 77.7 Å². The van der Waals surface area contributed by atoms with Crippen LogP contribution in [0, 0.1) is 5.82 Å². The van der Waals surface area contributed by atoms with Crippen molar-refractivity contribution in [2.75, 3.05) is 36.5 Å². The standard InChI is InChI=1S/C30H32FN3O5S/c31-23-8-14-26(15-9-23)40(37,38)34-19-16-22-6-2-3-7-27(22)28(34)20-30(36)39-21-29(35)32-24-10-12-25(13-11-24)33-17-4-1-5-18-33/h2-3,6-15,28H,1,4-5,16-21H2,(H,32,35). The fourth-order valence-electron chi connectivity index (χ4n) is 5.34. The maximum atomic E-state index is 13.5. The van der Waals surface area contributed by atoms with Crippen molar-refractivity contribution in [1.82, 2.24) is 4.31 Å². The molecule has 3 aromatic carbocycles. The van der Waals surface area contributed by atoms with Crippen molar-refractivity contribution in [1.29, 1.82) is 0 Å². The fraction of sp³-hybridized carbons (Fsp3) is 0.333. The number of carbonyl (C=O) groups excluding carboxylic acids is 2. The summed E-state index contributed by atoms with van der Waals surface area (Å²) in [7, 11) is -4.02. The summed E-state index contributed by atoms with van der Waals surface area (Å²) in [5.74, 6) is -1.73. The van der Waals surface area contributed by atoms with E-state index in [9.17, 15) is 22.4 Å². The number of halogens is 1. The molecule has 1 saturated heterocycles. The molecule has 1 amide bonds. The van der Waals surface area contributed by atoms with E-state index in [2.05, 4.69) is 10.2 Å². The number of rotatable bonds is 8. The van der Waals surface area contributed by atoms with Gasteiger partial charge in [-0.25, -0.2) is 12.8 Å². The van der Waals surface area contributed by atoms with Crippen LogP contribution in [0.4, 0.5) is 15.8 Å². The minimum Gasteiger partial charge on any atom is -0.456 e. The lowest BCUT2D eigenvalue weighted by Gasteiger charge is -2.36. The van der Waals surface area contributed by atoms with Gasteiger partial charge in [-0.15, -0.1) is 0 Å². The lowest BCUT2D eigenvalue weighted by molar-refractivity contribution is -0.148. The molecule has 40 heavy (non-hydrogen) atoms. The number of hydrogen-bond donors (Lipinski definition) is 1. The molecule has 0 radical (unpaired) electrons. The van der Waals surface area contributed by atoms with Crippen molar-refractivity contribution < 1.29 is 27.1 Å². The number of carbonyl (C=O) groups is 2. The first kappa shape index (κ1) is 27.8. The molecule has 0 spiro atoms. The van der Waals surface area contributed by atoms with E-state index in [0.29, 0.717) is 17.7 Å². The quantitative estimate of drug-likeness (QED) is 0.399. The summed E-state index contributed by atoms with van der Waals surface area (Å²) >= 11 is 0. The van der Waals surface area contributed by atoms with Crippen LogP contribution in [-0.4, -0.2) is 50.8 Å². The molecule has 10 heteroatoms. The van der Waals surface area contributed by atoms with E-state index in [0.717, 1.165) is 36.5 Å². The number of ether oxygens (including phenoxy) is 1. The van der Waals surface area contributed by atoms with Gasteiger partial charge in [0.25, 0.3) is 5.91 Å². The number of nitrogens with one attached hydrogen (secondary N) is 1. The largest absolute Gasteiger partial charge is 0.456 e. The molecule has 0 saturated carbocycles. The first-order valence-corrected chi connectivity index (χ1v) is 14.9. The lowest BCUT2D eigenvalue weighted by atomic mass is 9.92. The zero-order valence-corrected chi connectivity index (χ0v) is 22.9. The SMILES string of the molecule is O=C(COC(=O)CC1c2ccccc2CCN1S(=O)(=O)c1ccc(F)cc1)Nc1ccc(N2CCCCC2)cc1. The molecule has 0 aliphatic carbocycles. The molecular formula is C30H32FN3O5S. The Hall–Kier alpha value is -3.76. The number of nitrogens with zero attached hydrogens (tertiary/aromatic N) is 2. The van der Waals surface area contributed by atoms with Gasteiger partial charge in [-0.2, -0.15) is 4.31 Å². The average molecular weight is 566 g/mol. The number of anilines is 2. The Labute approximate surface area is 233 Å². The highest BCUT2D eigenvalue weighted by atomic mass is 32.2. The van der Waals surface area contributed by atoms with Gasteiger partial charge >= 0.3 is 5.97 Å². The van der Waals surface area contributed by atoms with Crippen LogP contribution in [0.2, 0.25) is 0 Å². The second kappa shape index (κ2) is 12.2. The van der Waals surface area contributed by atoms with Crippen molar-refractivity contribution in [3.8, 4) is 0 Å².